The van der Waals surface area contributed by atoms with Crippen LogP contribution in [-0.2, 0) is 20.7 Å². The normalized spacial score (nSPS) is 15.1. The Morgan fingerprint density at radius 2 is 1.76 bits per heavy atom. The van der Waals surface area contributed by atoms with E-state index in [0.29, 0.717) is 13.0 Å². The van der Waals surface area contributed by atoms with Crippen LogP contribution < -0.4 is 10.6 Å². The highest BCUT2D eigenvalue weighted by Crippen LogP contribution is 2.34. The number of aryl methyl sites for hydroxylation is 1. The Hall–Kier alpha value is -3.35. The van der Waals surface area contributed by atoms with Crippen LogP contribution in [0.2, 0.25) is 0 Å². The fourth-order valence-corrected chi connectivity index (χ4v) is 4.63. The summed E-state index contributed by atoms with van der Waals surface area (Å²) in [5.41, 5.74) is 1.99. The summed E-state index contributed by atoms with van der Waals surface area (Å²) < 4.78 is 5.51. The molecular formula is C31H43N3O4. The highest BCUT2D eigenvalue weighted by Gasteiger charge is 2.42. The summed E-state index contributed by atoms with van der Waals surface area (Å²) in [6.07, 6.45) is 4.09. The highest BCUT2D eigenvalue weighted by atomic mass is 16.6. The van der Waals surface area contributed by atoms with Crippen molar-refractivity contribution in [2.45, 2.75) is 96.9 Å². The van der Waals surface area contributed by atoms with Gasteiger partial charge in [0.05, 0.1) is 0 Å². The quantitative estimate of drug-likeness (QED) is 0.384. The van der Waals surface area contributed by atoms with E-state index >= 15 is 0 Å². The number of hydrogen-bond acceptors (Lipinski definition) is 4. The second-order valence-electron chi connectivity index (χ2n) is 11.2. The topological polar surface area (TPSA) is 87.7 Å². The van der Waals surface area contributed by atoms with Crippen molar-refractivity contribution in [3.63, 3.8) is 0 Å². The number of alkyl carbamates (subject to hydrolysis) is 1. The summed E-state index contributed by atoms with van der Waals surface area (Å²) in [4.78, 5) is 42.7. The zero-order chi connectivity index (χ0) is 27.7. The van der Waals surface area contributed by atoms with Gasteiger partial charge in [-0.2, -0.15) is 0 Å². The minimum atomic E-state index is -0.886. The van der Waals surface area contributed by atoms with Crippen molar-refractivity contribution in [1.29, 1.82) is 0 Å². The molecule has 7 heteroatoms. The van der Waals surface area contributed by atoms with Gasteiger partial charge in [-0.05, 0) is 64.5 Å². The molecule has 2 unspecified atom stereocenters. The largest absolute Gasteiger partial charge is 0.444 e. The third kappa shape index (κ3) is 8.33. The van der Waals surface area contributed by atoms with Gasteiger partial charge in [0.2, 0.25) is 11.8 Å². The van der Waals surface area contributed by atoms with E-state index in [0.717, 1.165) is 48.8 Å². The third-order valence-electron chi connectivity index (χ3n) is 6.71. The first kappa shape index (κ1) is 29.2. The predicted molar refractivity (Wildman–Crippen MR) is 150 cm³/mol. The molecule has 2 atom stereocenters. The SMILES string of the molecule is CCCCNC(=O)C(c1cccc(C)c1)N(C(=O)C(Cc1ccccc1)NC(=O)OC(C)(C)C)C1CCC1. The molecule has 0 radical (unpaired) electrons. The summed E-state index contributed by atoms with van der Waals surface area (Å²) in [6.45, 7) is 9.97. The lowest BCUT2D eigenvalue weighted by molar-refractivity contribution is -0.147. The van der Waals surface area contributed by atoms with Crippen LogP contribution in [0, 0.1) is 6.92 Å². The van der Waals surface area contributed by atoms with Crippen LogP contribution in [0.5, 0.6) is 0 Å². The molecule has 2 aromatic rings. The minimum absolute atomic E-state index is 0.0800. The average molecular weight is 522 g/mol. The molecule has 7 nitrogen and oxygen atoms in total. The van der Waals surface area contributed by atoms with Crippen molar-refractivity contribution in [3.8, 4) is 0 Å². The van der Waals surface area contributed by atoms with Gasteiger partial charge in [0.25, 0.3) is 0 Å². The van der Waals surface area contributed by atoms with E-state index in [4.69, 9.17) is 4.74 Å². The molecule has 1 aliphatic carbocycles. The zero-order valence-electron chi connectivity index (χ0n) is 23.5. The lowest BCUT2D eigenvalue weighted by Gasteiger charge is -2.43. The Bertz CT molecular complexity index is 1080. The molecule has 1 fully saturated rings. The van der Waals surface area contributed by atoms with Crippen LogP contribution in [0.3, 0.4) is 0 Å². The number of amides is 3. The summed E-state index contributed by atoms with van der Waals surface area (Å²) in [6, 6.07) is 15.6. The molecule has 3 rings (SSSR count). The Balaban J connectivity index is 2.00. The summed E-state index contributed by atoms with van der Waals surface area (Å²) in [5.74, 6) is -0.471. The number of ether oxygens (including phenoxy) is 1. The number of hydrogen-bond donors (Lipinski definition) is 2. The van der Waals surface area contributed by atoms with Gasteiger partial charge in [0, 0.05) is 19.0 Å². The maximum Gasteiger partial charge on any atom is 0.408 e. The smallest absolute Gasteiger partial charge is 0.408 e. The molecule has 2 aromatic carbocycles. The Morgan fingerprint density at radius 3 is 2.34 bits per heavy atom. The number of unbranched alkanes of at least 4 members (excludes halogenated alkanes) is 1. The van der Waals surface area contributed by atoms with Crippen LogP contribution in [-0.4, -0.2) is 47.0 Å². The van der Waals surface area contributed by atoms with Gasteiger partial charge < -0.3 is 20.3 Å². The first-order chi connectivity index (χ1) is 18.1. The van der Waals surface area contributed by atoms with Gasteiger partial charge in [0.1, 0.15) is 17.7 Å². The first-order valence-corrected chi connectivity index (χ1v) is 13.8. The van der Waals surface area contributed by atoms with Crippen molar-refractivity contribution < 1.29 is 19.1 Å². The molecule has 206 valence electrons. The molecule has 0 aliphatic heterocycles. The fraction of sp³-hybridized carbons (Fsp3) is 0.516. The summed E-state index contributed by atoms with van der Waals surface area (Å²) >= 11 is 0. The minimum Gasteiger partial charge on any atom is -0.444 e. The Labute approximate surface area is 227 Å². The number of rotatable bonds is 11. The van der Waals surface area contributed by atoms with Crippen LogP contribution in [0.25, 0.3) is 0 Å². The van der Waals surface area contributed by atoms with Crippen molar-refractivity contribution in [2.24, 2.45) is 0 Å². The zero-order valence-corrected chi connectivity index (χ0v) is 23.5. The molecular weight excluding hydrogens is 478 g/mol. The molecule has 0 aromatic heterocycles. The van der Waals surface area contributed by atoms with E-state index in [2.05, 4.69) is 17.6 Å². The van der Waals surface area contributed by atoms with Crippen LogP contribution in [0.15, 0.2) is 54.6 Å². The van der Waals surface area contributed by atoms with Gasteiger partial charge in [-0.25, -0.2) is 4.79 Å². The molecule has 3 amide bonds. The molecule has 0 heterocycles. The van der Waals surface area contributed by atoms with Gasteiger partial charge in [-0.3, -0.25) is 9.59 Å². The molecule has 1 aliphatic rings. The highest BCUT2D eigenvalue weighted by molar-refractivity contribution is 5.92. The fourth-order valence-electron chi connectivity index (χ4n) is 4.63. The van der Waals surface area contributed by atoms with E-state index in [1.165, 1.54) is 0 Å². The summed E-state index contributed by atoms with van der Waals surface area (Å²) in [5, 5.41) is 5.89. The molecule has 0 saturated heterocycles. The summed E-state index contributed by atoms with van der Waals surface area (Å²) in [7, 11) is 0. The maximum absolute atomic E-state index is 14.4. The van der Waals surface area contributed by atoms with E-state index in [9.17, 15) is 14.4 Å². The molecule has 0 bridgehead atoms. The molecule has 1 saturated carbocycles. The lowest BCUT2D eigenvalue weighted by Crippen LogP contribution is -2.58. The van der Waals surface area contributed by atoms with Crippen molar-refractivity contribution in [1.82, 2.24) is 15.5 Å². The van der Waals surface area contributed by atoms with Crippen molar-refractivity contribution in [3.05, 3.63) is 71.3 Å². The van der Waals surface area contributed by atoms with Crippen LogP contribution in [0.4, 0.5) is 4.79 Å². The number of carbonyl (C=O) groups excluding carboxylic acids is 3. The monoisotopic (exact) mass is 521 g/mol. The number of carbonyl (C=O) groups is 3. The Kier molecular flexibility index (Phi) is 10.3. The lowest BCUT2D eigenvalue weighted by atomic mass is 9.87. The van der Waals surface area contributed by atoms with Crippen molar-refractivity contribution in [2.75, 3.05) is 6.54 Å². The first-order valence-electron chi connectivity index (χ1n) is 13.8. The van der Waals surface area contributed by atoms with E-state index in [-0.39, 0.29) is 17.9 Å². The molecule has 0 spiro atoms. The van der Waals surface area contributed by atoms with E-state index in [1.54, 1.807) is 25.7 Å². The van der Waals surface area contributed by atoms with E-state index in [1.807, 2.05) is 61.5 Å². The van der Waals surface area contributed by atoms with Gasteiger partial charge in [0.15, 0.2) is 0 Å². The van der Waals surface area contributed by atoms with E-state index < -0.39 is 23.8 Å². The molecule has 2 N–H and O–H groups in total. The number of benzene rings is 2. The van der Waals surface area contributed by atoms with Gasteiger partial charge in [-0.1, -0.05) is 73.5 Å². The second kappa shape index (κ2) is 13.4. The van der Waals surface area contributed by atoms with Crippen LogP contribution >= 0.6 is 0 Å². The average Bonchev–Trinajstić information content (AvgIpc) is 2.81. The standard InChI is InChI=1S/C31H43N3O4/c1-6-7-19-32-28(35)27(24-16-11-13-22(2)20-24)34(25-17-12-18-25)29(36)26(21-23-14-9-8-10-15-23)33-30(37)38-31(3,4)5/h8-11,13-16,20,25-27H,6-7,12,17-19,21H2,1-5H3,(H,32,35)(H,33,37). The molecule has 38 heavy (non-hydrogen) atoms. The second-order valence-corrected chi connectivity index (χ2v) is 11.2. The van der Waals surface area contributed by atoms with Crippen LogP contribution in [0.1, 0.15) is 82.5 Å². The van der Waals surface area contributed by atoms with Gasteiger partial charge >= 0.3 is 6.09 Å². The number of nitrogens with zero attached hydrogens (tertiary/aromatic N) is 1. The Morgan fingerprint density at radius 1 is 1.05 bits per heavy atom. The number of nitrogens with one attached hydrogen (secondary N) is 2. The maximum atomic E-state index is 14.4. The van der Waals surface area contributed by atoms with Gasteiger partial charge in [-0.15, -0.1) is 0 Å². The van der Waals surface area contributed by atoms with Crippen molar-refractivity contribution >= 4 is 17.9 Å². The third-order valence-corrected chi connectivity index (χ3v) is 6.71. The predicted octanol–water partition coefficient (Wildman–Crippen LogP) is 5.47.